The van der Waals surface area contributed by atoms with Gasteiger partial charge >= 0.3 is 0 Å². The van der Waals surface area contributed by atoms with Crippen molar-refractivity contribution in [2.45, 2.75) is 25.0 Å². The number of rotatable bonds is 2. The van der Waals surface area contributed by atoms with E-state index in [1.165, 1.54) is 6.07 Å². The third-order valence-corrected chi connectivity index (χ3v) is 3.63. The first-order valence-electron chi connectivity index (χ1n) is 6.31. The predicted octanol–water partition coefficient (Wildman–Crippen LogP) is 3.16. The van der Waals surface area contributed by atoms with E-state index in [2.05, 4.69) is 0 Å². The monoisotopic (exact) mass is 245 g/mol. The van der Waals surface area contributed by atoms with Gasteiger partial charge in [0.1, 0.15) is 5.82 Å². The zero-order chi connectivity index (χ0) is 12.5. The third-order valence-electron chi connectivity index (χ3n) is 3.63. The van der Waals surface area contributed by atoms with Gasteiger partial charge in [-0.3, -0.25) is 0 Å². The van der Waals surface area contributed by atoms with E-state index in [1.807, 2.05) is 18.2 Å². The van der Waals surface area contributed by atoms with Crippen molar-refractivity contribution in [3.05, 3.63) is 47.8 Å². The zero-order valence-electron chi connectivity index (χ0n) is 10.1. The Hall–Kier alpha value is -1.45. The summed E-state index contributed by atoms with van der Waals surface area (Å²) in [6.07, 6.45) is 2.09. The Balaban J connectivity index is 2.08. The van der Waals surface area contributed by atoms with Gasteiger partial charge in [-0.25, -0.2) is 4.39 Å². The van der Waals surface area contributed by atoms with E-state index in [9.17, 15) is 4.39 Å². The molecular weight excluding hydrogens is 229 g/mol. The second kappa shape index (κ2) is 4.67. The highest BCUT2D eigenvalue weighted by Gasteiger charge is 2.25. The van der Waals surface area contributed by atoms with E-state index in [-0.39, 0.29) is 18.0 Å². The van der Waals surface area contributed by atoms with Gasteiger partial charge in [0.05, 0.1) is 12.1 Å². The Morgan fingerprint density at radius 2 is 1.94 bits per heavy atom. The van der Waals surface area contributed by atoms with Crippen LogP contribution < -0.4 is 5.73 Å². The van der Waals surface area contributed by atoms with Gasteiger partial charge in [0.15, 0.2) is 0 Å². The standard InChI is InChI=1S/C15H16FNO/c16-13-8-7-12(10-4-1-2-5-11(10)13)15(17)14-6-3-9-18-14/h1-2,4-5,7-8,14-15H,3,6,9,17H2. The molecule has 2 aromatic rings. The van der Waals surface area contributed by atoms with Crippen LogP contribution in [0, 0.1) is 5.82 Å². The summed E-state index contributed by atoms with van der Waals surface area (Å²) in [7, 11) is 0. The van der Waals surface area contributed by atoms with Gasteiger partial charge in [0.25, 0.3) is 0 Å². The molecule has 2 atom stereocenters. The third kappa shape index (κ3) is 1.89. The van der Waals surface area contributed by atoms with Gasteiger partial charge in [-0.2, -0.15) is 0 Å². The molecule has 0 bridgehead atoms. The predicted molar refractivity (Wildman–Crippen MR) is 69.8 cm³/mol. The first-order chi connectivity index (χ1) is 8.77. The zero-order valence-corrected chi connectivity index (χ0v) is 10.1. The minimum atomic E-state index is -0.200. The summed E-state index contributed by atoms with van der Waals surface area (Å²) in [4.78, 5) is 0. The molecule has 0 spiro atoms. The first-order valence-corrected chi connectivity index (χ1v) is 6.31. The van der Waals surface area contributed by atoms with E-state index in [0.29, 0.717) is 5.39 Å². The topological polar surface area (TPSA) is 35.2 Å². The van der Waals surface area contributed by atoms with Crippen LogP contribution in [0.5, 0.6) is 0 Å². The van der Waals surface area contributed by atoms with Crippen LogP contribution in [0.1, 0.15) is 24.4 Å². The fourth-order valence-electron chi connectivity index (χ4n) is 2.66. The molecule has 1 aliphatic rings. The summed E-state index contributed by atoms with van der Waals surface area (Å²) in [6, 6.07) is 10.5. The minimum absolute atomic E-state index is 0.0545. The van der Waals surface area contributed by atoms with Gasteiger partial charge < -0.3 is 10.5 Å². The van der Waals surface area contributed by atoms with Gasteiger partial charge in [0.2, 0.25) is 0 Å². The van der Waals surface area contributed by atoms with Crippen LogP contribution in [0.25, 0.3) is 10.8 Å². The lowest BCUT2D eigenvalue weighted by Crippen LogP contribution is -2.25. The molecule has 18 heavy (non-hydrogen) atoms. The Bertz CT molecular complexity index is 563. The molecule has 2 nitrogen and oxygen atoms in total. The van der Waals surface area contributed by atoms with E-state index >= 15 is 0 Å². The first kappa shape index (κ1) is 11.6. The molecule has 1 aliphatic heterocycles. The summed E-state index contributed by atoms with van der Waals surface area (Å²) in [6.45, 7) is 0.775. The summed E-state index contributed by atoms with van der Waals surface area (Å²) in [5.74, 6) is -0.200. The van der Waals surface area contributed by atoms with Crippen LogP contribution in [0.2, 0.25) is 0 Å². The van der Waals surface area contributed by atoms with E-state index in [0.717, 1.165) is 30.4 Å². The van der Waals surface area contributed by atoms with Gasteiger partial charge in [0, 0.05) is 12.0 Å². The second-order valence-corrected chi connectivity index (χ2v) is 4.76. The average Bonchev–Trinajstić information content (AvgIpc) is 2.93. The van der Waals surface area contributed by atoms with Gasteiger partial charge in [-0.15, -0.1) is 0 Å². The maximum absolute atomic E-state index is 13.7. The second-order valence-electron chi connectivity index (χ2n) is 4.76. The Labute approximate surface area is 106 Å². The number of fused-ring (bicyclic) bond motifs is 1. The summed E-state index contributed by atoms with van der Waals surface area (Å²) >= 11 is 0. The van der Waals surface area contributed by atoms with E-state index in [1.54, 1.807) is 12.1 Å². The molecule has 2 aromatic carbocycles. The maximum atomic E-state index is 13.7. The number of hydrogen-bond donors (Lipinski definition) is 1. The van der Waals surface area contributed by atoms with Crippen LogP contribution in [-0.4, -0.2) is 12.7 Å². The van der Waals surface area contributed by atoms with Crippen molar-refractivity contribution in [3.63, 3.8) is 0 Å². The highest BCUT2D eigenvalue weighted by molar-refractivity contribution is 5.86. The quantitative estimate of drug-likeness (QED) is 0.882. The molecule has 0 saturated carbocycles. The lowest BCUT2D eigenvalue weighted by molar-refractivity contribution is 0.0904. The molecule has 0 amide bonds. The SMILES string of the molecule is NC(c1ccc(F)c2ccccc12)C1CCCO1. The number of benzene rings is 2. The molecule has 0 radical (unpaired) electrons. The van der Waals surface area contributed by atoms with Crippen molar-refractivity contribution in [2.75, 3.05) is 6.61 Å². The number of halogens is 1. The largest absolute Gasteiger partial charge is 0.376 e. The fourth-order valence-corrected chi connectivity index (χ4v) is 2.66. The molecule has 1 saturated heterocycles. The summed E-state index contributed by atoms with van der Waals surface area (Å²) < 4.78 is 19.4. The molecule has 1 fully saturated rings. The molecule has 94 valence electrons. The average molecular weight is 245 g/mol. The van der Waals surface area contributed by atoms with Crippen molar-refractivity contribution >= 4 is 10.8 Å². The minimum Gasteiger partial charge on any atom is -0.376 e. The maximum Gasteiger partial charge on any atom is 0.131 e. The number of nitrogens with two attached hydrogens (primary N) is 1. The highest BCUT2D eigenvalue weighted by Crippen LogP contribution is 2.31. The van der Waals surface area contributed by atoms with Crippen molar-refractivity contribution in [3.8, 4) is 0 Å². The summed E-state index contributed by atoms with van der Waals surface area (Å²) in [5.41, 5.74) is 7.24. The molecule has 3 rings (SSSR count). The van der Waals surface area contributed by atoms with Crippen LogP contribution in [-0.2, 0) is 4.74 Å². The fraction of sp³-hybridized carbons (Fsp3) is 0.333. The Morgan fingerprint density at radius 3 is 2.67 bits per heavy atom. The van der Waals surface area contributed by atoms with Crippen molar-refractivity contribution in [1.29, 1.82) is 0 Å². The molecule has 0 aliphatic carbocycles. The number of ether oxygens (including phenoxy) is 1. The Morgan fingerprint density at radius 1 is 1.17 bits per heavy atom. The van der Waals surface area contributed by atoms with Crippen molar-refractivity contribution in [1.82, 2.24) is 0 Å². The van der Waals surface area contributed by atoms with Crippen LogP contribution in [0.4, 0.5) is 4.39 Å². The summed E-state index contributed by atoms with van der Waals surface area (Å²) in [5, 5.41) is 1.52. The van der Waals surface area contributed by atoms with E-state index in [4.69, 9.17) is 10.5 Å². The van der Waals surface area contributed by atoms with Gasteiger partial charge in [-0.1, -0.05) is 30.3 Å². The van der Waals surface area contributed by atoms with Crippen LogP contribution in [0.15, 0.2) is 36.4 Å². The van der Waals surface area contributed by atoms with Gasteiger partial charge in [-0.05, 0) is 29.9 Å². The Kier molecular flexibility index (Phi) is 3.02. The van der Waals surface area contributed by atoms with Crippen LogP contribution >= 0.6 is 0 Å². The van der Waals surface area contributed by atoms with E-state index < -0.39 is 0 Å². The van der Waals surface area contributed by atoms with Crippen LogP contribution in [0.3, 0.4) is 0 Å². The smallest absolute Gasteiger partial charge is 0.131 e. The normalized spacial score (nSPS) is 21.3. The number of hydrogen-bond acceptors (Lipinski definition) is 2. The molecular formula is C15H16FNO. The highest BCUT2D eigenvalue weighted by atomic mass is 19.1. The molecule has 0 aromatic heterocycles. The molecule has 3 heteroatoms. The molecule has 2 N–H and O–H groups in total. The molecule has 2 unspecified atom stereocenters. The van der Waals surface area contributed by atoms with Crippen molar-refractivity contribution in [2.24, 2.45) is 5.73 Å². The lowest BCUT2D eigenvalue weighted by Gasteiger charge is -2.20. The molecule has 1 heterocycles. The lowest BCUT2D eigenvalue weighted by atomic mass is 9.94. The van der Waals surface area contributed by atoms with Crippen molar-refractivity contribution < 1.29 is 9.13 Å².